The minimum Gasteiger partial charge on any atom is -0.308 e. The Bertz CT molecular complexity index is 727. The molecule has 0 fully saturated rings. The average molecular weight is 352 g/mol. The fraction of sp³-hybridized carbons (Fsp3) is 0.214. The second kappa shape index (κ2) is 5.89. The van der Waals surface area contributed by atoms with E-state index in [-0.39, 0.29) is 0 Å². The van der Waals surface area contributed by atoms with E-state index < -0.39 is 0 Å². The van der Waals surface area contributed by atoms with E-state index in [9.17, 15) is 0 Å². The van der Waals surface area contributed by atoms with Crippen molar-refractivity contribution in [2.24, 2.45) is 0 Å². The first-order valence-electron chi connectivity index (χ1n) is 6.23. The van der Waals surface area contributed by atoms with Crippen LogP contribution in [0.4, 0.5) is 0 Å². The zero-order valence-corrected chi connectivity index (χ0v) is 13.0. The van der Waals surface area contributed by atoms with Crippen molar-refractivity contribution >= 4 is 38.7 Å². The maximum Gasteiger partial charge on any atom is 0.160 e. The number of nitrogens with zero attached hydrogens (tertiary/aromatic N) is 4. The lowest BCUT2D eigenvalue weighted by atomic mass is 10.3. The van der Waals surface area contributed by atoms with Crippen molar-refractivity contribution in [3.8, 4) is 0 Å². The van der Waals surface area contributed by atoms with E-state index in [4.69, 9.17) is 11.6 Å². The molecule has 3 heterocycles. The fourth-order valence-electron chi connectivity index (χ4n) is 2.15. The van der Waals surface area contributed by atoms with Crippen molar-refractivity contribution in [3.63, 3.8) is 0 Å². The van der Waals surface area contributed by atoms with Gasteiger partial charge in [-0.05, 0) is 33.6 Å². The topological polar surface area (TPSA) is 43.6 Å². The van der Waals surface area contributed by atoms with Crippen LogP contribution in [-0.2, 0) is 13.0 Å². The van der Waals surface area contributed by atoms with E-state index in [0.29, 0.717) is 12.4 Å². The Balaban J connectivity index is 2.09. The third-order valence-electron chi connectivity index (χ3n) is 3.01. The number of alkyl halides is 1. The number of halogens is 2. The summed E-state index contributed by atoms with van der Waals surface area (Å²) in [5, 5.41) is 0. The van der Waals surface area contributed by atoms with Gasteiger partial charge in [0.25, 0.3) is 0 Å². The molecular formula is C14H12BrClN4. The van der Waals surface area contributed by atoms with Gasteiger partial charge in [0, 0.05) is 35.4 Å². The van der Waals surface area contributed by atoms with E-state index in [1.165, 1.54) is 0 Å². The van der Waals surface area contributed by atoms with Gasteiger partial charge in [-0.1, -0.05) is 6.07 Å². The highest BCUT2D eigenvalue weighted by Crippen LogP contribution is 2.20. The zero-order chi connectivity index (χ0) is 13.9. The van der Waals surface area contributed by atoms with E-state index in [1.807, 2.05) is 24.4 Å². The SMILES string of the molecule is ClCCc1nc2cc(Br)cnc2n1Cc1cccnc1. The number of aryl methyl sites for hydroxylation is 1. The molecule has 102 valence electrons. The van der Waals surface area contributed by atoms with Crippen LogP contribution in [0.2, 0.25) is 0 Å². The third-order valence-corrected chi connectivity index (χ3v) is 3.63. The van der Waals surface area contributed by atoms with E-state index in [0.717, 1.165) is 33.4 Å². The van der Waals surface area contributed by atoms with Gasteiger partial charge in [0.15, 0.2) is 5.65 Å². The number of aromatic nitrogens is 4. The Morgan fingerprint density at radius 2 is 2.20 bits per heavy atom. The number of imidazole rings is 1. The first-order chi connectivity index (χ1) is 9.78. The molecule has 0 N–H and O–H groups in total. The highest BCUT2D eigenvalue weighted by Gasteiger charge is 2.12. The van der Waals surface area contributed by atoms with Gasteiger partial charge in [-0.15, -0.1) is 11.6 Å². The predicted molar refractivity (Wildman–Crippen MR) is 83.0 cm³/mol. The molecule has 0 atom stereocenters. The standard InChI is InChI=1S/C14H12BrClN4/c15-11-6-12-14(18-8-11)20(13(19-12)3-4-16)9-10-2-1-5-17-7-10/h1-2,5-8H,3-4,9H2. The van der Waals surface area contributed by atoms with Gasteiger partial charge in [-0.25, -0.2) is 9.97 Å². The maximum atomic E-state index is 5.87. The first-order valence-corrected chi connectivity index (χ1v) is 7.56. The second-order valence-corrected chi connectivity index (χ2v) is 5.70. The summed E-state index contributed by atoms with van der Waals surface area (Å²) >= 11 is 9.30. The molecule has 6 heteroatoms. The molecule has 20 heavy (non-hydrogen) atoms. The molecule has 0 aliphatic carbocycles. The Kier molecular flexibility index (Phi) is 3.98. The second-order valence-electron chi connectivity index (χ2n) is 4.41. The molecule has 0 spiro atoms. The van der Waals surface area contributed by atoms with Gasteiger partial charge in [0.2, 0.25) is 0 Å². The number of pyridine rings is 2. The molecule has 3 aromatic rings. The summed E-state index contributed by atoms with van der Waals surface area (Å²) < 4.78 is 3.02. The highest BCUT2D eigenvalue weighted by atomic mass is 79.9. The Hall–Kier alpha value is -1.46. The molecule has 4 nitrogen and oxygen atoms in total. The van der Waals surface area contributed by atoms with Crippen LogP contribution >= 0.6 is 27.5 Å². The van der Waals surface area contributed by atoms with Gasteiger partial charge in [-0.3, -0.25) is 4.98 Å². The molecule has 0 unspecified atom stereocenters. The molecule has 0 saturated carbocycles. The van der Waals surface area contributed by atoms with Crippen molar-refractivity contribution in [2.75, 3.05) is 5.88 Å². The molecule has 0 aromatic carbocycles. The van der Waals surface area contributed by atoms with E-state index in [2.05, 4.69) is 35.4 Å². The van der Waals surface area contributed by atoms with Crippen LogP contribution in [0.3, 0.4) is 0 Å². The summed E-state index contributed by atoms with van der Waals surface area (Å²) in [5.74, 6) is 1.49. The third kappa shape index (κ3) is 2.69. The van der Waals surface area contributed by atoms with Crippen LogP contribution in [0.5, 0.6) is 0 Å². The normalized spacial score (nSPS) is 11.1. The van der Waals surface area contributed by atoms with Gasteiger partial charge in [0.05, 0.1) is 6.54 Å². The van der Waals surface area contributed by atoms with Crippen LogP contribution < -0.4 is 0 Å². The summed E-state index contributed by atoms with van der Waals surface area (Å²) in [7, 11) is 0. The monoisotopic (exact) mass is 350 g/mol. The van der Waals surface area contributed by atoms with Crippen LogP contribution in [-0.4, -0.2) is 25.4 Å². The molecule has 0 aliphatic rings. The van der Waals surface area contributed by atoms with Crippen molar-refractivity contribution in [1.29, 1.82) is 0 Å². The van der Waals surface area contributed by atoms with E-state index >= 15 is 0 Å². The zero-order valence-electron chi connectivity index (χ0n) is 10.6. The van der Waals surface area contributed by atoms with Crippen molar-refractivity contribution in [3.05, 3.63) is 52.7 Å². The lowest BCUT2D eigenvalue weighted by Crippen LogP contribution is -2.06. The molecular weight excluding hydrogens is 340 g/mol. The molecule has 0 aliphatic heterocycles. The summed E-state index contributed by atoms with van der Waals surface area (Å²) in [6.07, 6.45) is 6.13. The number of hydrogen-bond donors (Lipinski definition) is 0. The molecule has 3 rings (SSSR count). The number of hydrogen-bond acceptors (Lipinski definition) is 3. The van der Waals surface area contributed by atoms with Crippen molar-refractivity contribution < 1.29 is 0 Å². The summed E-state index contributed by atoms with van der Waals surface area (Å²) in [5.41, 5.74) is 2.87. The minimum atomic E-state index is 0.539. The van der Waals surface area contributed by atoms with Gasteiger partial charge in [0.1, 0.15) is 11.3 Å². The van der Waals surface area contributed by atoms with Crippen LogP contribution in [0.25, 0.3) is 11.2 Å². The summed E-state index contributed by atoms with van der Waals surface area (Å²) in [6.45, 7) is 0.700. The van der Waals surface area contributed by atoms with Gasteiger partial charge >= 0.3 is 0 Å². The lowest BCUT2D eigenvalue weighted by Gasteiger charge is -2.07. The van der Waals surface area contributed by atoms with Crippen LogP contribution in [0.1, 0.15) is 11.4 Å². The Labute approximate surface area is 130 Å². The molecule has 0 bridgehead atoms. The Morgan fingerprint density at radius 1 is 1.30 bits per heavy atom. The largest absolute Gasteiger partial charge is 0.308 e. The fourth-order valence-corrected chi connectivity index (χ4v) is 2.64. The van der Waals surface area contributed by atoms with Crippen LogP contribution in [0.15, 0.2) is 41.3 Å². The molecule has 0 radical (unpaired) electrons. The Morgan fingerprint density at radius 3 is 2.95 bits per heavy atom. The van der Waals surface area contributed by atoms with Crippen molar-refractivity contribution in [1.82, 2.24) is 19.5 Å². The lowest BCUT2D eigenvalue weighted by molar-refractivity contribution is 0.745. The average Bonchev–Trinajstić information content (AvgIpc) is 2.77. The molecule has 3 aromatic heterocycles. The van der Waals surface area contributed by atoms with Crippen molar-refractivity contribution in [2.45, 2.75) is 13.0 Å². The van der Waals surface area contributed by atoms with Gasteiger partial charge in [-0.2, -0.15) is 0 Å². The van der Waals surface area contributed by atoms with E-state index in [1.54, 1.807) is 12.4 Å². The number of fused-ring (bicyclic) bond motifs is 1. The maximum absolute atomic E-state index is 5.87. The predicted octanol–water partition coefficient (Wildman–Crippen LogP) is 3.42. The minimum absolute atomic E-state index is 0.539. The molecule has 0 amide bonds. The molecule has 0 saturated heterocycles. The summed E-state index contributed by atoms with van der Waals surface area (Å²) in [6, 6.07) is 5.95. The summed E-state index contributed by atoms with van der Waals surface area (Å²) in [4.78, 5) is 13.2. The smallest absolute Gasteiger partial charge is 0.160 e. The number of rotatable bonds is 4. The first kappa shape index (κ1) is 13.5. The van der Waals surface area contributed by atoms with Crippen LogP contribution in [0, 0.1) is 0 Å². The van der Waals surface area contributed by atoms with Gasteiger partial charge < -0.3 is 4.57 Å². The highest BCUT2D eigenvalue weighted by molar-refractivity contribution is 9.10. The quantitative estimate of drug-likeness (QED) is 0.677.